The molecule has 2 aliphatic rings. The summed E-state index contributed by atoms with van der Waals surface area (Å²) in [5, 5.41) is 8.89. The number of hydrogen-bond acceptors (Lipinski definition) is 5. The number of benzene rings is 1. The van der Waals surface area contributed by atoms with Crippen LogP contribution in [0.1, 0.15) is 6.92 Å². The maximum atomic E-state index is 12.8. The summed E-state index contributed by atoms with van der Waals surface area (Å²) >= 11 is 5.18. The SMILES string of the molecule is CCOC(=O)C1=NN(c2ccccc2)C(=O)C1=CN1CCNC1=S. The van der Waals surface area contributed by atoms with E-state index < -0.39 is 5.97 Å². The van der Waals surface area contributed by atoms with Crippen molar-refractivity contribution in [3.8, 4) is 0 Å². The molecule has 3 rings (SSSR count). The van der Waals surface area contributed by atoms with E-state index in [-0.39, 0.29) is 23.8 Å². The van der Waals surface area contributed by atoms with Gasteiger partial charge in [0.05, 0.1) is 17.9 Å². The van der Waals surface area contributed by atoms with Gasteiger partial charge < -0.3 is 15.0 Å². The molecule has 2 aliphatic heterocycles. The van der Waals surface area contributed by atoms with Crippen molar-refractivity contribution in [2.45, 2.75) is 6.92 Å². The highest BCUT2D eigenvalue weighted by Gasteiger charge is 2.37. The molecule has 24 heavy (non-hydrogen) atoms. The highest BCUT2D eigenvalue weighted by atomic mass is 32.1. The predicted molar refractivity (Wildman–Crippen MR) is 93.4 cm³/mol. The second kappa shape index (κ2) is 6.79. The molecule has 2 heterocycles. The van der Waals surface area contributed by atoms with Crippen LogP contribution in [-0.4, -0.2) is 47.3 Å². The molecule has 1 N–H and O–H groups in total. The van der Waals surface area contributed by atoms with E-state index in [1.54, 1.807) is 42.3 Å². The topological polar surface area (TPSA) is 74.2 Å². The molecular formula is C16H16N4O3S. The molecule has 1 saturated heterocycles. The van der Waals surface area contributed by atoms with Gasteiger partial charge in [-0.2, -0.15) is 10.1 Å². The number of esters is 1. The lowest BCUT2D eigenvalue weighted by molar-refractivity contribution is -0.135. The zero-order valence-corrected chi connectivity index (χ0v) is 13.9. The molecule has 0 aromatic heterocycles. The lowest BCUT2D eigenvalue weighted by atomic mass is 10.1. The van der Waals surface area contributed by atoms with Crippen molar-refractivity contribution in [2.24, 2.45) is 5.10 Å². The molecule has 0 unspecified atom stereocenters. The molecule has 7 nitrogen and oxygen atoms in total. The first-order valence-electron chi connectivity index (χ1n) is 7.53. The van der Waals surface area contributed by atoms with Crippen molar-refractivity contribution < 1.29 is 14.3 Å². The van der Waals surface area contributed by atoms with Gasteiger partial charge in [-0.05, 0) is 31.3 Å². The minimum absolute atomic E-state index is 0.0135. The van der Waals surface area contributed by atoms with Crippen molar-refractivity contribution in [2.75, 3.05) is 24.7 Å². The number of ether oxygens (including phenoxy) is 1. The van der Waals surface area contributed by atoms with Crippen LogP contribution in [0.3, 0.4) is 0 Å². The predicted octanol–water partition coefficient (Wildman–Crippen LogP) is 1.03. The van der Waals surface area contributed by atoms with Crippen LogP contribution in [-0.2, 0) is 14.3 Å². The number of para-hydroxylation sites is 1. The second-order valence-corrected chi connectivity index (χ2v) is 5.48. The van der Waals surface area contributed by atoms with Crippen LogP contribution in [0.2, 0.25) is 0 Å². The summed E-state index contributed by atoms with van der Waals surface area (Å²) in [5.74, 6) is -1.02. The van der Waals surface area contributed by atoms with Gasteiger partial charge in [0.15, 0.2) is 10.8 Å². The third-order valence-electron chi connectivity index (χ3n) is 3.52. The minimum Gasteiger partial charge on any atom is -0.461 e. The monoisotopic (exact) mass is 344 g/mol. The molecule has 0 aliphatic carbocycles. The molecule has 1 aromatic rings. The van der Waals surface area contributed by atoms with E-state index in [4.69, 9.17) is 17.0 Å². The van der Waals surface area contributed by atoms with Crippen molar-refractivity contribution in [1.29, 1.82) is 0 Å². The first kappa shape index (κ1) is 16.1. The molecule has 1 amide bonds. The van der Waals surface area contributed by atoms with Crippen molar-refractivity contribution >= 4 is 40.6 Å². The van der Waals surface area contributed by atoms with Crippen LogP contribution in [0, 0.1) is 0 Å². The third-order valence-corrected chi connectivity index (χ3v) is 3.90. The normalized spacial score (nSPS) is 18.9. The van der Waals surface area contributed by atoms with Crippen LogP contribution in [0.25, 0.3) is 0 Å². The zero-order chi connectivity index (χ0) is 17.1. The van der Waals surface area contributed by atoms with Crippen molar-refractivity contribution in [3.63, 3.8) is 0 Å². The fourth-order valence-corrected chi connectivity index (χ4v) is 2.64. The van der Waals surface area contributed by atoms with Crippen molar-refractivity contribution in [1.82, 2.24) is 10.2 Å². The first-order valence-corrected chi connectivity index (χ1v) is 7.94. The van der Waals surface area contributed by atoms with Crippen LogP contribution in [0.15, 0.2) is 47.2 Å². The van der Waals surface area contributed by atoms with E-state index in [2.05, 4.69) is 10.4 Å². The van der Waals surface area contributed by atoms with Crippen LogP contribution >= 0.6 is 12.2 Å². The standard InChI is InChI=1S/C16H16N4O3S/c1-2-23-15(22)13-12(10-19-9-8-17-16(19)24)14(21)20(18-13)11-6-4-3-5-7-11/h3-7,10H,2,8-9H2,1H3,(H,17,24). The van der Waals surface area contributed by atoms with Crippen molar-refractivity contribution in [3.05, 3.63) is 42.1 Å². The highest BCUT2D eigenvalue weighted by Crippen LogP contribution is 2.24. The number of carbonyl (C=O) groups excluding carboxylic acids is 2. The van der Waals surface area contributed by atoms with Gasteiger partial charge in [0.1, 0.15) is 0 Å². The third kappa shape index (κ3) is 3.00. The fraction of sp³-hybridized carbons (Fsp3) is 0.250. The molecule has 0 spiro atoms. The lowest BCUT2D eigenvalue weighted by Crippen LogP contribution is -2.28. The van der Waals surface area contributed by atoms with Gasteiger partial charge in [-0.25, -0.2) is 4.79 Å². The largest absolute Gasteiger partial charge is 0.461 e. The average molecular weight is 344 g/mol. The van der Waals surface area contributed by atoms with Gasteiger partial charge in [0, 0.05) is 19.3 Å². The summed E-state index contributed by atoms with van der Waals surface area (Å²) in [6.45, 7) is 3.21. The summed E-state index contributed by atoms with van der Waals surface area (Å²) in [7, 11) is 0. The van der Waals surface area contributed by atoms with Crippen LogP contribution < -0.4 is 10.3 Å². The zero-order valence-electron chi connectivity index (χ0n) is 13.1. The Kier molecular flexibility index (Phi) is 4.57. The number of amides is 1. The van der Waals surface area contributed by atoms with Gasteiger partial charge in [-0.1, -0.05) is 18.2 Å². The van der Waals surface area contributed by atoms with Crippen LogP contribution in [0.5, 0.6) is 0 Å². The lowest BCUT2D eigenvalue weighted by Gasteiger charge is -2.13. The quantitative estimate of drug-likeness (QED) is 0.500. The Morgan fingerprint density at radius 2 is 2.17 bits per heavy atom. The second-order valence-electron chi connectivity index (χ2n) is 5.09. The fourth-order valence-electron chi connectivity index (χ4n) is 2.39. The molecular weight excluding hydrogens is 328 g/mol. The molecule has 124 valence electrons. The Bertz CT molecular complexity index is 745. The average Bonchev–Trinajstić information content (AvgIpc) is 3.13. The Morgan fingerprint density at radius 3 is 2.79 bits per heavy atom. The number of nitrogens with zero attached hydrogens (tertiary/aromatic N) is 3. The van der Waals surface area contributed by atoms with E-state index in [9.17, 15) is 9.59 Å². The molecule has 0 bridgehead atoms. The number of hydrazone groups is 1. The molecule has 0 radical (unpaired) electrons. The van der Waals surface area contributed by atoms with E-state index in [0.717, 1.165) is 0 Å². The Balaban J connectivity index is 1.98. The smallest absolute Gasteiger partial charge is 0.359 e. The number of anilines is 1. The summed E-state index contributed by atoms with van der Waals surface area (Å²) < 4.78 is 5.02. The van der Waals surface area contributed by atoms with Gasteiger partial charge >= 0.3 is 5.97 Å². The summed E-state index contributed by atoms with van der Waals surface area (Å²) in [6, 6.07) is 8.92. The summed E-state index contributed by atoms with van der Waals surface area (Å²) in [4.78, 5) is 26.7. The highest BCUT2D eigenvalue weighted by molar-refractivity contribution is 7.80. The summed E-state index contributed by atoms with van der Waals surface area (Å²) in [6.07, 6.45) is 1.56. The first-order chi connectivity index (χ1) is 11.6. The molecule has 0 atom stereocenters. The molecule has 1 aromatic carbocycles. The van der Waals surface area contributed by atoms with E-state index >= 15 is 0 Å². The molecule has 1 fully saturated rings. The van der Waals surface area contributed by atoms with Gasteiger partial charge in [0.25, 0.3) is 5.91 Å². The molecule has 0 saturated carbocycles. The maximum absolute atomic E-state index is 12.8. The number of thiocarbonyl (C=S) groups is 1. The van der Waals surface area contributed by atoms with Crippen LogP contribution in [0.4, 0.5) is 5.69 Å². The minimum atomic E-state index is -0.631. The van der Waals surface area contributed by atoms with E-state index in [1.165, 1.54) is 5.01 Å². The number of nitrogens with one attached hydrogen (secondary N) is 1. The maximum Gasteiger partial charge on any atom is 0.359 e. The number of hydrogen-bond donors (Lipinski definition) is 1. The van der Waals surface area contributed by atoms with E-state index in [1.807, 2.05) is 6.07 Å². The Labute approximate surface area is 144 Å². The Hall–Kier alpha value is -2.74. The summed E-state index contributed by atoms with van der Waals surface area (Å²) in [5.41, 5.74) is 0.735. The van der Waals surface area contributed by atoms with Gasteiger partial charge in [-0.15, -0.1) is 0 Å². The van der Waals surface area contributed by atoms with E-state index in [0.29, 0.717) is 23.9 Å². The van der Waals surface area contributed by atoms with Gasteiger partial charge in [0.2, 0.25) is 0 Å². The number of carbonyl (C=O) groups is 2. The molecule has 8 heteroatoms. The van der Waals surface area contributed by atoms with Gasteiger partial charge in [-0.3, -0.25) is 4.79 Å². The Morgan fingerprint density at radius 1 is 1.42 bits per heavy atom. The number of rotatable bonds is 4.